The lowest BCUT2D eigenvalue weighted by molar-refractivity contribution is 0.00167. The summed E-state index contributed by atoms with van der Waals surface area (Å²) in [6.45, 7) is 5.12. The van der Waals surface area contributed by atoms with Gasteiger partial charge in [0.1, 0.15) is 0 Å². The van der Waals surface area contributed by atoms with Gasteiger partial charge in [0.15, 0.2) is 0 Å². The molecule has 1 aromatic carbocycles. The third-order valence-corrected chi connectivity index (χ3v) is 4.81. The van der Waals surface area contributed by atoms with Crippen molar-refractivity contribution in [2.75, 3.05) is 37.8 Å². The molecule has 23 heavy (non-hydrogen) atoms. The van der Waals surface area contributed by atoms with Crippen LogP contribution in [0.5, 0.6) is 0 Å². The average Bonchev–Trinajstić information content (AvgIpc) is 2.43. The van der Waals surface area contributed by atoms with E-state index in [4.69, 9.17) is 4.74 Å². The van der Waals surface area contributed by atoms with Gasteiger partial charge in [0.05, 0.1) is 19.0 Å². The molecule has 0 bridgehead atoms. The van der Waals surface area contributed by atoms with Gasteiger partial charge in [0.2, 0.25) is 10.0 Å². The second kappa shape index (κ2) is 7.29. The number of ether oxygens (including phenoxy) is 1. The Hall–Kier alpha value is -1.64. The number of nitrogens with one attached hydrogen (secondary N) is 2. The first-order valence-corrected chi connectivity index (χ1v) is 9.29. The fourth-order valence-electron chi connectivity index (χ4n) is 2.55. The summed E-state index contributed by atoms with van der Waals surface area (Å²) >= 11 is 0. The quantitative estimate of drug-likeness (QED) is 0.858. The van der Waals surface area contributed by atoms with Crippen LogP contribution in [-0.2, 0) is 14.8 Å². The fourth-order valence-corrected chi connectivity index (χ4v) is 3.39. The van der Waals surface area contributed by atoms with E-state index in [0.29, 0.717) is 13.2 Å². The third kappa shape index (κ3) is 5.49. The molecule has 8 heteroatoms. The van der Waals surface area contributed by atoms with Gasteiger partial charge in [0.25, 0.3) is 0 Å². The molecular formula is C15H23N3O4S. The summed E-state index contributed by atoms with van der Waals surface area (Å²) in [7, 11) is -3.23. The zero-order chi connectivity index (χ0) is 17.0. The molecule has 0 saturated carbocycles. The third-order valence-electron chi connectivity index (χ3n) is 3.54. The molecule has 1 aliphatic heterocycles. The van der Waals surface area contributed by atoms with E-state index in [2.05, 4.69) is 10.6 Å². The summed E-state index contributed by atoms with van der Waals surface area (Å²) in [6.07, 6.45) is 0.832. The summed E-state index contributed by atoms with van der Waals surface area (Å²) in [6, 6.07) is 5.46. The highest BCUT2D eigenvalue weighted by molar-refractivity contribution is 7.88. The van der Waals surface area contributed by atoms with Crippen molar-refractivity contribution in [1.29, 1.82) is 0 Å². The van der Waals surface area contributed by atoms with E-state index in [0.717, 1.165) is 16.8 Å². The van der Waals surface area contributed by atoms with Crippen molar-refractivity contribution in [2.24, 2.45) is 0 Å². The molecule has 2 N–H and O–H groups in total. The predicted octanol–water partition coefficient (Wildman–Crippen LogP) is 1.09. The van der Waals surface area contributed by atoms with Crippen molar-refractivity contribution in [1.82, 2.24) is 9.62 Å². The number of anilines is 1. The van der Waals surface area contributed by atoms with E-state index in [1.165, 1.54) is 10.6 Å². The Kier molecular flexibility index (Phi) is 5.61. The van der Waals surface area contributed by atoms with Crippen molar-refractivity contribution in [3.05, 3.63) is 29.3 Å². The van der Waals surface area contributed by atoms with Crippen LogP contribution in [0.15, 0.2) is 18.2 Å². The number of benzene rings is 1. The number of carbonyl (C=O) groups is 1. The van der Waals surface area contributed by atoms with Crippen molar-refractivity contribution in [3.8, 4) is 0 Å². The fraction of sp³-hybridized carbons (Fsp3) is 0.533. The molecule has 1 fully saturated rings. The Bertz CT molecular complexity index is 655. The van der Waals surface area contributed by atoms with Gasteiger partial charge in [-0.2, -0.15) is 4.31 Å². The molecule has 0 aliphatic carbocycles. The Morgan fingerprint density at radius 2 is 1.96 bits per heavy atom. The number of rotatable bonds is 4. The molecule has 1 aromatic rings. The van der Waals surface area contributed by atoms with Crippen molar-refractivity contribution >= 4 is 21.7 Å². The zero-order valence-corrected chi connectivity index (χ0v) is 14.4. The molecular weight excluding hydrogens is 318 g/mol. The highest BCUT2D eigenvalue weighted by Gasteiger charge is 2.26. The van der Waals surface area contributed by atoms with Gasteiger partial charge in [-0.05, 0) is 37.1 Å². The van der Waals surface area contributed by atoms with Gasteiger partial charge in [-0.1, -0.05) is 6.07 Å². The molecule has 1 atom stereocenters. The molecule has 2 amide bonds. The molecule has 0 aromatic heterocycles. The maximum atomic E-state index is 11.9. The molecule has 1 saturated heterocycles. The molecule has 0 unspecified atom stereocenters. The molecule has 1 aliphatic rings. The zero-order valence-electron chi connectivity index (χ0n) is 13.6. The van der Waals surface area contributed by atoms with Crippen LogP contribution in [0.25, 0.3) is 0 Å². The van der Waals surface area contributed by atoms with Gasteiger partial charge < -0.3 is 15.4 Å². The van der Waals surface area contributed by atoms with Crippen LogP contribution >= 0.6 is 0 Å². The number of morpholine rings is 1. The lowest BCUT2D eigenvalue weighted by Crippen LogP contribution is -2.49. The second-order valence-electron chi connectivity index (χ2n) is 5.83. The number of aryl methyl sites for hydroxylation is 2. The number of urea groups is 1. The Morgan fingerprint density at radius 3 is 2.57 bits per heavy atom. The van der Waals surface area contributed by atoms with Gasteiger partial charge in [-0.25, -0.2) is 13.2 Å². The van der Waals surface area contributed by atoms with Gasteiger partial charge in [-0.3, -0.25) is 0 Å². The van der Waals surface area contributed by atoms with Crippen molar-refractivity contribution < 1.29 is 17.9 Å². The lowest BCUT2D eigenvalue weighted by atomic mass is 10.1. The lowest BCUT2D eigenvalue weighted by Gasteiger charge is -2.31. The van der Waals surface area contributed by atoms with Gasteiger partial charge in [0, 0.05) is 25.3 Å². The SMILES string of the molecule is Cc1cc(C)cc(NC(=O)NC[C@H]2CN(S(C)(=O)=O)CCO2)c1. The van der Waals surface area contributed by atoms with E-state index < -0.39 is 10.0 Å². The normalized spacial score (nSPS) is 19.3. The van der Waals surface area contributed by atoms with Crippen LogP contribution in [0.3, 0.4) is 0 Å². The monoisotopic (exact) mass is 341 g/mol. The summed E-state index contributed by atoms with van der Waals surface area (Å²) in [5.74, 6) is 0. The number of hydrogen-bond donors (Lipinski definition) is 2. The topological polar surface area (TPSA) is 87.7 Å². The number of carbonyl (C=O) groups excluding carboxylic acids is 1. The van der Waals surface area contributed by atoms with Crippen molar-refractivity contribution in [3.63, 3.8) is 0 Å². The number of sulfonamides is 1. The van der Waals surface area contributed by atoms with E-state index in [1.54, 1.807) is 0 Å². The Labute approximate surface area is 137 Å². The molecule has 1 heterocycles. The van der Waals surface area contributed by atoms with Crippen molar-refractivity contribution in [2.45, 2.75) is 20.0 Å². The van der Waals surface area contributed by atoms with Crippen LogP contribution in [0.2, 0.25) is 0 Å². The molecule has 128 valence electrons. The maximum Gasteiger partial charge on any atom is 0.319 e. The van der Waals surface area contributed by atoms with Crippen LogP contribution in [0, 0.1) is 13.8 Å². The number of amides is 2. The smallest absolute Gasteiger partial charge is 0.319 e. The van der Waals surface area contributed by atoms with Crippen LogP contribution in [0.4, 0.5) is 10.5 Å². The first kappa shape index (κ1) is 17.7. The standard InChI is InChI=1S/C15H23N3O4S/c1-11-6-12(2)8-13(7-11)17-15(19)16-9-14-10-18(4-5-22-14)23(3,20)21/h6-8,14H,4-5,9-10H2,1-3H3,(H2,16,17,19)/t14-/m0/s1. The van der Waals surface area contributed by atoms with Crippen LogP contribution in [-0.4, -0.2) is 57.4 Å². The summed E-state index contributed by atoms with van der Waals surface area (Å²) in [4.78, 5) is 11.9. The largest absolute Gasteiger partial charge is 0.374 e. The minimum atomic E-state index is -3.23. The number of nitrogens with zero attached hydrogens (tertiary/aromatic N) is 1. The minimum absolute atomic E-state index is 0.253. The molecule has 0 radical (unpaired) electrons. The maximum absolute atomic E-state index is 11.9. The van der Waals surface area contributed by atoms with Crippen LogP contribution < -0.4 is 10.6 Å². The summed E-state index contributed by atoms with van der Waals surface area (Å²) < 4.78 is 30.0. The molecule has 2 rings (SSSR count). The Morgan fingerprint density at radius 1 is 1.30 bits per heavy atom. The van der Waals surface area contributed by atoms with E-state index in [-0.39, 0.29) is 25.2 Å². The Balaban J connectivity index is 1.84. The predicted molar refractivity (Wildman–Crippen MR) is 89.1 cm³/mol. The molecule has 7 nitrogen and oxygen atoms in total. The van der Waals surface area contributed by atoms with Gasteiger partial charge >= 0.3 is 6.03 Å². The van der Waals surface area contributed by atoms with E-state index in [1.807, 2.05) is 32.0 Å². The van der Waals surface area contributed by atoms with Gasteiger partial charge in [-0.15, -0.1) is 0 Å². The number of hydrogen-bond acceptors (Lipinski definition) is 4. The summed E-state index contributed by atoms with van der Waals surface area (Å²) in [5.41, 5.74) is 2.86. The first-order chi connectivity index (χ1) is 10.7. The highest BCUT2D eigenvalue weighted by atomic mass is 32.2. The molecule has 0 spiro atoms. The van der Waals surface area contributed by atoms with E-state index >= 15 is 0 Å². The summed E-state index contributed by atoms with van der Waals surface area (Å²) in [5, 5.41) is 5.48. The minimum Gasteiger partial charge on any atom is -0.374 e. The first-order valence-electron chi connectivity index (χ1n) is 7.44. The second-order valence-corrected chi connectivity index (χ2v) is 7.81. The van der Waals surface area contributed by atoms with Crippen LogP contribution in [0.1, 0.15) is 11.1 Å². The average molecular weight is 341 g/mol. The highest BCUT2D eigenvalue weighted by Crippen LogP contribution is 2.13. The van der Waals surface area contributed by atoms with E-state index in [9.17, 15) is 13.2 Å².